The second-order valence-corrected chi connectivity index (χ2v) is 8.36. The summed E-state index contributed by atoms with van der Waals surface area (Å²) in [6.45, 7) is 0. The van der Waals surface area contributed by atoms with Gasteiger partial charge in [0.2, 0.25) is 0 Å². The summed E-state index contributed by atoms with van der Waals surface area (Å²) < 4.78 is 1.72. The van der Waals surface area contributed by atoms with Crippen molar-refractivity contribution in [2.45, 2.75) is 18.8 Å². The normalized spacial score (nSPS) is 16.5. The lowest BCUT2D eigenvalue weighted by atomic mass is 10.1. The molecule has 2 aliphatic heterocycles. The third-order valence-electron chi connectivity index (χ3n) is 5.67. The first-order valence-electron chi connectivity index (χ1n) is 10.7. The molecule has 0 aromatic carbocycles. The number of amidine groups is 1. The summed E-state index contributed by atoms with van der Waals surface area (Å²) in [7, 11) is 0. The van der Waals surface area contributed by atoms with E-state index in [1.165, 1.54) is 23.4 Å². The van der Waals surface area contributed by atoms with Crippen molar-refractivity contribution >= 4 is 40.7 Å². The molecule has 172 valence electrons. The highest BCUT2D eigenvalue weighted by atomic mass is 35.5. The Morgan fingerprint density at radius 2 is 2.00 bits per heavy atom. The van der Waals surface area contributed by atoms with Gasteiger partial charge in [0.25, 0.3) is 5.91 Å². The van der Waals surface area contributed by atoms with E-state index in [1.54, 1.807) is 46.4 Å². The molecule has 0 radical (unpaired) electrons. The molecule has 0 atom stereocenters. The second-order valence-electron chi connectivity index (χ2n) is 7.95. The smallest absolute Gasteiger partial charge is 0.259 e. The lowest BCUT2D eigenvalue weighted by Gasteiger charge is -2.27. The Morgan fingerprint density at radius 1 is 1.17 bits per heavy atom. The minimum absolute atomic E-state index is 0.189. The summed E-state index contributed by atoms with van der Waals surface area (Å²) in [4.78, 5) is 36.3. The van der Waals surface area contributed by atoms with Crippen LogP contribution in [0.1, 0.15) is 34.8 Å². The van der Waals surface area contributed by atoms with E-state index in [-0.39, 0.29) is 11.8 Å². The number of nitrogens with zero attached hydrogens (tertiary/aromatic N) is 8. The van der Waals surface area contributed by atoms with Crippen LogP contribution in [-0.4, -0.2) is 52.3 Å². The van der Waals surface area contributed by atoms with Crippen molar-refractivity contribution in [2.75, 3.05) is 5.32 Å². The molecule has 0 bridgehead atoms. The van der Waals surface area contributed by atoms with Crippen LogP contribution in [-0.2, 0) is 4.79 Å². The minimum atomic E-state index is -0.330. The van der Waals surface area contributed by atoms with Crippen molar-refractivity contribution in [1.29, 1.82) is 0 Å². The number of hydrogen-bond donors (Lipinski definition) is 1. The average molecular weight is 486 g/mol. The number of hydrogen-bond acceptors (Lipinski definition) is 8. The van der Waals surface area contributed by atoms with Crippen LogP contribution in [0.2, 0.25) is 5.02 Å². The zero-order valence-corrected chi connectivity index (χ0v) is 18.8. The molecule has 1 amide bonds. The van der Waals surface area contributed by atoms with Crippen molar-refractivity contribution in [3.05, 3.63) is 83.5 Å². The second kappa shape index (κ2) is 8.32. The molecule has 5 heterocycles. The number of anilines is 1. The van der Waals surface area contributed by atoms with Gasteiger partial charge in [0.15, 0.2) is 17.6 Å². The molecule has 12 heteroatoms. The van der Waals surface area contributed by atoms with Gasteiger partial charge in [-0.1, -0.05) is 11.6 Å². The maximum Gasteiger partial charge on any atom is 0.259 e. The Kier molecular flexibility index (Phi) is 4.98. The van der Waals surface area contributed by atoms with Crippen LogP contribution in [0.3, 0.4) is 0 Å². The molecule has 1 N–H and O–H groups in total. The topological polar surface area (TPSA) is 123 Å². The van der Waals surface area contributed by atoms with Crippen molar-refractivity contribution in [3.8, 4) is 5.82 Å². The summed E-state index contributed by atoms with van der Waals surface area (Å²) in [5, 5.41) is 15.7. The van der Waals surface area contributed by atoms with Crippen LogP contribution < -0.4 is 5.32 Å². The van der Waals surface area contributed by atoms with Crippen molar-refractivity contribution in [2.24, 2.45) is 4.99 Å². The Bertz CT molecular complexity index is 1520. The maximum atomic E-state index is 13.3. The fourth-order valence-electron chi connectivity index (χ4n) is 3.96. The minimum Gasteiger partial charge on any atom is -0.320 e. The molecule has 3 aromatic heterocycles. The molecule has 3 aliphatic rings. The summed E-state index contributed by atoms with van der Waals surface area (Å²) in [6, 6.07) is 1.59. The molecule has 1 saturated carbocycles. The summed E-state index contributed by atoms with van der Waals surface area (Å²) >= 11 is 6.34. The highest BCUT2D eigenvalue weighted by Crippen LogP contribution is 2.43. The largest absolute Gasteiger partial charge is 0.320 e. The first-order chi connectivity index (χ1) is 17.1. The predicted octanol–water partition coefficient (Wildman–Crippen LogP) is 2.95. The predicted molar refractivity (Wildman–Crippen MR) is 127 cm³/mol. The van der Waals surface area contributed by atoms with E-state index in [9.17, 15) is 9.59 Å². The van der Waals surface area contributed by atoms with Crippen molar-refractivity contribution in [1.82, 2.24) is 34.7 Å². The van der Waals surface area contributed by atoms with Gasteiger partial charge < -0.3 is 5.32 Å². The highest BCUT2D eigenvalue weighted by molar-refractivity contribution is 6.32. The number of carbonyl (C=O) groups excluding carboxylic acids is 2. The number of carbonyl (C=O) groups is 1. The molecule has 0 spiro atoms. The van der Waals surface area contributed by atoms with Gasteiger partial charge in [-0.2, -0.15) is 15.3 Å². The quantitative estimate of drug-likeness (QED) is 0.551. The zero-order chi connectivity index (χ0) is 23.9. The Morgan fingerprint density at radius 3 is 2.74 bits per heavy atom. The summed E-state index contributed by atoms with van der Waals surface area (Å²) in [5.74, 6) is 2.67. The Hall–Kier alpha value is -4.60. The first-order valence-corrected chi connectivity index (χ1v) is 11.1. The number of pyridine rings is 1. The third-order valence-corrected chi connectivity index (χ3v) is 5.95. The summed E-state index contributed by atoms with van der Waals surface area (Å²) in [6.07, 6.45) is 16.5. The van der Waals surface area contributed by atoms with Gasteiger partial charge in [0.1, 0.15) is 11.4 Å². The van der Waals surface area contributed by atoms with E-state index in [0.717, 1.165) is 18.5 Å². The van der Waals surface area contributed by atoms with Gasteiger partial charge in [-0.05, 0) is 37.1 Å². The molecule has 3 aromatic rings. The number of nitrogens with one attached hydrogen (secondary N) is 1. The van der Waals surface area contributed by atoms with Gasteiger partial charge in [0.05, 0.1) is 46.8 Å². The van der Waals surface area contributed by atoms with Crippen LogP contribution in [0.4, 0.5) is 5.69 Å². The Balaban J connectivity index is 1.32. The maximum absolute atomic E-state index is 13.3. The number of halogens is 1. The van der Waals surface area contributed by atoms with E-state index in [1.807, 2.05) is 12.0 Å². The number of aromatic nitrogens is 6. The van der Waals surface area contributed by atoms with E-state index in [0.29, 0.717) is 39.3 Å². The number of aliphatic imine (C=N–C) groups is 1. The Labute approximate surface area is 203 Å². The van der Waals surface area contributed by atoms with E-state index >= 15 is 0 Å². The first kappa shape index (κ1) is 21.0. The van der Waals surface area contributed by atoms with Crippen LogP contribution in [0.25, 0.3) is 11.5 Å². The van der Waals surface area contributed by atoms with Gasteiger partial charge in [-0.3, -0.25) is 9.69 Å². The third kappa shape index (κ3) is 3.68. The lowest BCUT2D eigenvalue weighted by molar-refractivity contribution is 0.102. The standard InChI is InChI=1S/C23H16ClN9O2/c24-18-10-15(11-26-21(18)33-27-7-8-28-33)30-23(35)17-12-29-32(20(17)14-3-4-14)19-2-1-9-31-16(13-34)5-6-25-22(19)31/h1-2,5-12,14H,3-4H2,(H,30,35). The van der Waals surface area contributed by atoms with E-state index < -0.39 is 0 Å². The molecular weight excluding hydrogens is 470 g/mol. The van der Waals surface area contributed by atoms with E-state index in [4.69, 9.17) is 11.6 Å². The van der Waals surface area contributed by atoms with Gasteiger partial charge in [-0.15, -0.1) is 4.80 Å². The average Bonchev–Trinajstić information content (AvgIpc) is 3.37. The number of amides is 1. The lowest BCUT2D eigenvalue weighted by Crippen LogP contribution is -2.32. The molecule has 11 nitrogen and oxygen atoms in total. The van der Waals surface area contributed by atoms with Crippen molar-refractivity contribution < 1.29 is 9.59 Å². The van der Waals surface area contributed by atoms with Crippen LogP contribution >= 0.6 is 11.6 Å². The highest BCUT2D eigenvalue weighted by Gasteiger charge is 2.35. The van der Waals surface area contributed by atoms with E-state index in [2.05, 4.69) is 30.6 Å². The summed E-state index contributed by atoms with van der Waals surface area (Å²) in [5.41, 5.74) is 2.66. The van der Waals surface area contributed by atoms with Gasteiger partial charge in [0, 0.05) is 18.3 Å². The fourth-order valence-corrected chi connectivity index (χ4v) is 4.20. The van der Waals surface area contributed by atoms with Crippen LogP contribution in [0.5, 0.6) is 0 Å². The fraction of sp³-hybridized carbons (Fsp3) is 0.130. The molecule has 6 rings (SSSR count). The molecule has 0 saturated heterocycles. The molecule has 1 aliphatic carbocycles. The number of rotatable bonds is 5. The SMILES string of the molecule is O=C=C1C=CN=C2C(n3ncc(C(=O)Nc4cnc(-n5nccn5)c(Cl)c4)c3C3CC3)=CC=CN12. The number of allylic oxidation sites excluding steroid dienone is 3. The van der Waals surface area contributed by atoms with Crippen LogP contribution in [0, 0.1) is 0 Å². The molecule has 35 heavy (non-hydrogen) atoms. The molecule has 0 unspecified atom stereocenters. The van der Waals surface area contributed by atoms with Gasteiger partial charge >= 0.3 is 0 Å². The van der Waals surface area contributed by atoms with Gasteiger partial charge in [-0.25, -0.2) is 19.5 Å². The molecule has 1 fully saturated rings. The zero-order valence-electron chi connectivity index (χ0n) is 18.0. The molecular formula is C23H16ClN9O2. The van der Waals surface area contributed by atoms with Crippen LogP contribution in [0.15, 0.2) is 72.2 Å². The number of fused-ring (bicyclic) bond motifs is 1. The monoisotopic (exact) mass is 485 g/mol. The van der Waals surface area contributed by atoms with Crippen molar-refractivity contribution in [3.63, 3.8) is 0 Å².